The van der Waals surface area contributed by atoms with Crippen LogP contribution in [0.2, 0.25) is 0 Å². The van der Waals surface area contributed by atoms with Crippen molar-refractivity contribution >= 4 is 11.6 Å². The van der Waals surface area contributed by atoms with Gasteiger partial charge in [-0.2, -0.15) is 8.78 Å². The molecule has 0 aliphatic heterocycles. The van der Waals surface area contributed by atoms with Gasteiger partial charge in [0.05, 0.1) is 26.5 Å². The van der Waals surface area contributed by atoms with Crippen molar-refractivity contribution in [1.82, 2.24) is 5.32 Å². The lowest BCUT2D eigenvalue weighted by Gasteiger charge is -2.13. The lowest BCUT2D eigenvalue weighted by Crippen LogP contribution is -2.31. The van der Waals surface area contributed by atoms with Crippen LogP contribution >= 0.6 is 0 Å². The van der Waals surface area contributed by atoms with Gasteiger partial charge in [0, 0.05) is 6.54 Å². The third-order valence-electron chi connectivity index (χ3n) is 3.73. The zero-order chi connectivity index (χ0) is 19.6. The highest BCUT2D eigenvalue weighted by atomic mass is 19.3. The molecule has 0 fully saturated rings. The van der Waals surface area contributed by atoms with Crippen LogP contribution in [0.4, 0.5) is 14.5 Å². The smallest absolute Gasteiger partial charge is 0.387 e. The number of hydrogen-bond donors (Lipinski definition) is 2. The van der Waals surface area contributed by atoms with Crippen molar-refractivity contribution < 1.29 is 27.8 Å². The normalized spacial score (nSPS) is 10.4. The van der Waals surface area contributed by atoms with Gasteiger partial charge in [-0.25, -0.2) is 0 Å². The molecule has 0 aromatic heterocycles. The minimum absolute atomic E-state index is 0.00868. The van der Waals surface area contributed by atoms with E-state index in [1.54, 1.807) is 38.5 Å². The number of carbonyl (C=O) groups is 1. The van der Waals surface area contributed by atoms with Crippen LogP contribution in [0.5, 0.6) is 17.2 Å². The number of rotatable bonds is 10. The Kier molecular flexibility index (Phi) is 7.66. The average Bonchev–Trinajstić information content (AvgIpc) is 2.66. The SMILES string of the molecule is COc1ccc(CCNC(=O)CNc2ccccc2OC(F)F)cc1OC. The molecule has 0 aliphatic carbocycles. The third kappa shape index (κ3) is 6.32. The zero-order valence-corrected chi connectivity index (χ0v) is 15.1. The summed E-state index contributed by atoms with van der Waals surface area (Å²) in [5, 5.41) is 5.56. The van der Waals surface area contributed by atoms with Crippen molar-refractivity contribution in [1.29, 1.82) is 0 Å². The van der Waals surface area contributed by atoms with E-state index in [0.717, 1.165) is 5.56 Å². The Morgan fingerprint density at radius 2 is 1.78 bits per heavy atom. The van der Waals surface area contributed by atoms with E-state index in [-0.39, 0.29) is 18.2 Å². The average molecular weight is 380 g/mol. The molecule has 8 heteroatoms. The van der Waals surface area contributed by atoms with Crippen LogP contribution in [0.15, 0.2) is 42.5 Å². The summed E-state index contributed by atoms with van der Waals surface area (Å²) in [6.07, 6.45) is 0.608. The second-order valence-electron chi connectivity index (χ2n) is 5.52. The molecule has 2 rings (SSSR count). The Bertz CT molecular complexity index is 756. The first-order valence-electron chi connectivity index (χ1n) is 8.28. The number of alkyl halides is 2. The topological polar surface area (TPSA) is 68.8 Å². The summed E-state index contributed by atoms with van der Waals surface area (Å²) >= 11 is 0. The quantitative estimate of drug-likeness (QED) is 0.663. The van der Waals surface area contributed by atoms with E-state index in [4.69, 9.17) is 9.47 Å². The van der Waals surface area contributed by atoms with Gasteiger partial charge < -0.3 is 24.8 Å². The molecule has 0 unspecified atom stereocenters. The standard InChI is InChI=1S/C19H22F2N2O4/c1-25-16-8-7-13(11-17(16)26-2)9-10-22-18(24)12-23-14-5-3-4-6-15(14)27-19(20)21/h3-8,11,19,23H,9-10,12H2,1-2H3,(H,22,24). The number of benzene rings is 2. The molecule has 0 saturated heterocycles. The minimum Gasteiger partial charge on any atom is -0.493 e. The van der Waals surface area contributed by atoms with E-state index in [1.165, 1.54) is 6.07 Å². The summed E-state index contributed by atoms with van der Waals surface area (Å²) in [5.41, 5.74) is 1.31. The Morgan fingerprint density at radius 3 is 2.48 bits per heavy atom. The molecule has 0 bridgehead atoms. The highest BCUT2D eigenvalue weighted by Gasteiger charge is 2.10. The lowest BCUT2D eigenvalue weighted by atomic mass is 10.1. The lowest BCUT2D eigenvalue weighted by molar-refractivity contribution is -0.119. The van der Waals surface area contributed by atoms with Crippen LogP contribution in [0.3, 0.4) is 0 Å². The fourth-order valence-electron chi connectivity index (χ4n) is 2.43. The van der Waals surface area contributed by atoms with Gasteiger partial charge in [-0.05, 0) is 36.2 Å². The summed E-state index contributed by atoms with van der Waals surface area (Å²) in [6.45, 7) is -2.57. The van der Waals surface area contributed by atoms with E-state index in [1.807, 2.05) is 12.1 Å². The van der Waals surface area contributed by atoms with Gasteiger partial charge in [-0.3, -0.25) is 4.79 Å². The Hall–Kier alpha value is -3.03. The molecule has 0 heterocycles. The first-order valence-corrected chi connectivity index (χ1v) is 8.28. The summed E-state index contributed by atoms with van der Waals surface area (Å²) in [4.78, 5) is 12.0. The van der Waals surface area contributed by atoms with Crippen LogP contribution in [0, 0.1) is 0 Å². The monoisotopic (exact) mass is 380 g/mol. The number of hydrogen-bond acceptors (Lipinski definition) is 5. The van der Waals surface area contributed by atoms with Gasteiger partial charge >= 0.3 is 6.61 Å². The summed E-state index contributed by atoms with van der Waals surface area (Å²) < 4.78 is 39.6. The van der Waals surface area contributed by atoms with Crippen molar-refractivity contribution in [3.05, 3.63) is 48.0 Å². The molecule has 0 spiro atoms. The van der Waals surface area contributed by atoms with E-state index in [2.05, 4.69) is 15.4 Å². The van der Waals surface area contributed by atoms with E-state index >= 15 is 0 Å². The van der Waals surface area contributed by atoms with Gasteiger partial charge in [-0.1, -0.05) is 18.2 Å². The molecule has 2 N–H and O–H groups in total. The maximum Gasteiger partial charge on any atom is 0.387 e. The van der Waals surface area contributed by atoms with Crippen molar-refractivity contribution in [3.63, 3.8) is 0 Å². The molecule has 2 aromatic carbocycles. The van der Waals surface area contributed by atoms with E-state index in [9.17, 15) is 13.6 Å². The van der Waals surface area contributed by atoms with Crippen molar-refractivity contribution in [2.45, 2.75) is 13.0 Å². The van der Waals surface area contributed by atoms with Crippen LogP contribution in [0.1, 0.15) is 5.56 Å². The van der Waals surface area contributed by atoms with Crippen LogP contribution in [0.25, 0.3) is 0 Å². The Balaban J connectivity index is 1.80. The molecule has 1 amide bonds. The third-order valence-corrected chi connectivity index (χ3v) is 3.73. The molecule has 6 nitrogen and oxygen atoms in total. The number of amides is 1. The fraction of sp³-hybridized carbons (Fsp3) is 0.316. The summed E-state index contributed by atoms with van der Waals surface area (Å²) in [6, 6.07) is 11.8. The molecule has 146 valence electrons. The second-order valence-corrected chi connectivity index (χ2v) is 5.52. The molecule has 0 atom stereocenters. The van der Waals surface area contributed by atoms with E-state index in [0.29, 0.717) is 30.2 Å². The number of halogens is 2. The number of anilines is 1. The van der Waals surface area contributed by atoms with Gasteiger partial charge in [0.25, 0.3) is 0 Å². The second kappa shape index (κ2) is 10.2. The van der Waals surface area contributed by atoms with Crippen LogP contribution in [-0.4, -0.2) is 39.8 Å². The molecular weight excluding hydrogens is 358 g/mol. The van der Waals surface area contributed by atoms with Crippen LogP contribution < -0.4 is 24.8 Å². The zero-order valence-electron chi connectivity index (χ0n) is 15.1. The van der Waals surface area contributed by atoms with Crippen molar-refractivity contribution in [2.75, 3.05) is 32.6 Å². The van der Waals surface area contributed by atoms with Gasteiger partial charge in [0.2, 0.25) is 5.91 Å². The molecule has 0 saturated carbocycles. The fourth-order valence-corrected chi connectivity index (χ4v) is 2.43. The van der Waals surface area contributed by atoms with Gasteiger partial charge in [-0.15, -0.1) is 0 Å². The van der Waals surface area contributed by atoms with Gasteiger partial charge in [0.1, 0.15) is 5.75 Å². The predicted molar refractivity (Wildman–Crippen MR) is 97.8 cm³/mol. The number of para-hydroxylation sites is 2. The molecule has 27 heavy (non-hydrogen) atoms. The minimum atomic E-state index is -2.93. The molecule has 2 aromatic rings. The highest BCUT2D eigenvalue weighted by Crippen LogP contribution is 2.27. The molecule has 0 aliphatic rings. The number of nitrogens with one attached hydrogen (secondary N) is 2. The Morgan fingerprint density at radius 1 is 1.04 bits per heavy atom. The largest absolute Gasteiger partial charge is 0.493 e. The number of carbonyl (C=O) groups excluding carboxylic acids is 1. The number of methoxy groups -OCH3 is 2. The molecular formula is C19H22F2N2O4. The Labute approximate surface area is 156 Å². The van der Waals surface area contributed by atoms with E-state index < -0.39 is 6.61 Å². The maximum absolute atomic E-state index is 12.4. The predicted octanol–water partition coefficient (Wildman–Crippen LogP) is 3.08. The first kappa shape index (κ1) is 20.3. The number of ether oxygens (including phenoxy) is 3. The molecule has 0 radical (unpaired) electrons. The summed E-state index contributed by atoms with van der Waals surface area (Å²) in [5.74, 6) is 0.991. The van der Waals surface area contributed by atoms with Crippen molar-refractivity contribution in [3.8, 4) is 17.2 Å². The van der Waals surface area contributed by atoms with Crippen LogP contribution in [-0.2, 0) is 11.2 Å². The summed E-state index contributed by atoms with van der Waals surface area (Å²) in [7, 11) is 3.12. The highest BCUT2D eigenvalue weighted by molar-refractivity contribution is 5.81. The first-order chi connectivity index (χ1) is 13.0. The van der Waals surface area contributed by atoms with Gasteiger partial charge in [0.15, 0.2) is 11.5 Å². The van der Waals surface area contributed by atoms with Crippen molar-refractivity contribution in [2.24, 2.45) is 0 Å². The maximum atomic E-state index is 12.4.